The van der Waals surface area contributed by atoms with E-state index in [0.29, 0.717) is 16.5 Å². The Morgan fingerprint density at radius 1 is 1.10 bits per heavy atom. The lowest BCUT2D eigenvalue weighted by molar-refractivity contribution is 0.0697. The number of hydrogen-bond acceptors (Lipinski definition) is 4. The monoisotopic (exact) mass is 265 g/mol. The van der Waals surface area contributed by atoms with Gasteiger partial charge in [-0.25, -0.2) is 4.79 Å². The zero-order valence-electron chi connectivity index (χ0n) is 10.1. The number of rotatable bonds is 1. The average molecular weight is 265 g/mol. The number of nitrogens with zero attached hydrogens (tertiary/aromatic N) is 1. The molecule has 5 heteroatoms. The van der Waals surface area contributed by atoms with Crippen LogP contribution >= 0.6 is 0 Å². The minimum atomic E-state index is -1.09. The van der Waals surface area contributed by atoms with Gasteiger partial charge in [-0.2, -0.15) is 5.26 Å². The van der Waals surface area contributed by atoms with Gasteiger partial charge < -0.3 is 9.52 Å². The van der Waals surface area contributed by atoms with E-state index >= 15 is 0 Å². The number of carboxylic acids is 1. The fourth-order valence-corrected chi connectivity index (χ4v) is 2.06. The number of nitriles is 1. The van der Waals surface area contributed by atoms with E-state index in [2.05, 4.69) is 0 Å². The molecular formula is C15H7NO4. The van der Waals surface area contributed by atoms with E-state index in [4.69, 9.17) is 14.8 Å². The molecule has 0 fully saturated rings. The first kappa shape index (κ1) is 11.9. The normalized spacial score (nSPS) is 10.6. The van der Waals surface area contributed by atoms with Crippen LogP contribution in [0.2, 0.25) is 0 Å². The molecule has 2 aromatic carbocycles. The van der Waals surface area contributed by atoms with Crippen molar-refractivity contribution in [3.05, 3.63) is 57.7 Å². The molecule has 1 N–H and O–H groups in total. The van der Waals surface area contributed by atoms with E-state index in [1.807, 2.05) is 6.07 Å². The van der Waals surface area contributed by atoms with Crippen molar-refractivity contribution in [1.82, 2.24) is 0 Å². The molecule has 96 valence electrons. The Labute approximate surface area is 112 Å². The lowest BCUT2D eigenvalue weighted by atomic mass is 10.1. The molecule has 0 aliphatic rings. The van der Waals surface area contributed by atoms with Crippen LogP contribution in [0.15, 0.2) is 45.6 Å². The molecule has 0 unspecified atom stereocenters. The summed E-state index contributed by atoms with van der Waals surface area (Å²) in [7, 11) is 0. The topological polar surface area (TPSA) is 91.3 Å². The molecule has 5 nitrogen and oxygen atoms in total. The summed E-state index contributed by atoms with van der Waals surface area (Å²) >= 11 is 0. The van der Waals surface area contributed by atoms with Crippen LogP contribution in [-0.4, -0.2) is 11.1 Å². The Hall–Kier alpha value is -3.13. The summed E-state index contributed by atoms with van der Waals surface area (Å²) in [6.45, 7) is 0. The molecule has 0 saturated heterocycles. The van der Waals surface area contributed by atoms with Crippen molar-refractivity contribution in [3.8, 4) is 6.07 Å². The van der Waals surface area contributed by atoms with Crippen molar-refractivity contribution < 1.29 is 14.3 Å². The minimum absolute atomic E-state index is 0.0497. The van der Waals surface area contributed by atoms with E-state index < -0.39 is 5.97 Å². The highest BCUT2D eigenvalue weighted by atomic mass is 16.4. The maximum atomic E-state index is 12.3. The molecule has 0 bridgehead atoms. The van der Waals surface area contributed by atoms with Gasteiger partial charge in [0.15, 0.2) is 0 Å². The molecule has 1 aromatic heterocycles. The first-order chi connectivity index (χ1) is 9.60. The molecule has 0 aliphatic carbocycles. The highest BCUT2D eigenvalue weighted by Crippen LogP contribution is 2.20. The number of carboxylic acid groups (broad SMARTS) is 1. The Morgan fingerprint density at radius 3 is 2.60 bits per heavy atom. The fraction of sp³-hybridized carbons (Fsp3) is 0. The smallest absolute Gasteiger partial charge is 0.335 e. The third-order valence-corrected chi connectivity index (χ3v) is 3.05. The van der Waals surface area contributed by atoms with Gasteiger partial charge >= 0.3 is 5.97 Å². The Balaban J connectivity index is 2.44. The van der Waals surface area contributed by atoms with Crippen molar-refractivity contribution in [2.75, 3.05) is 0 Å². The summed E-state index contributed by atoms with van der Waals surface area (Å²) in [5, 5.41) is 18.4. The third kappa shape index (κ3) is 1.71. The molecule has 3 aromatic rings. The number of benzene rings is 2. The van der Waals surface area contributed by atoms with Gasteiger partial charge in [0.2, 0.25) is 5.43 Å². The van der Waals surface area contributed by atoms with Gasteiger partial charge in [0.1, 0.15) is 11.2 Å². The minimum Gasteiger partial charge on any atom is -0.478 e. The zero-order valence-corrected chi connectivity index (χ0v) is 10.1. The Bertz CT molecular complexity index is 963. The lowest BCUT2D eigenvalue weighted by Gasteiger charge is -2.02. The molecule has 1 heterocycles. The molecule has 20 heavy (non-hydrogen) atoms. The van der Waals surface area contributed by atoms with E-state index in [1.54, 1.807) is 0 Å². The summed E-state index contributed by atoms with van der Waals surface area (Å²) < 4.78 is 5.54. The fourth-order valence-electron chi connectivity index (χ4n) is 2.06. The van der Waals surface area contributed by atoms with Gasteiger partial charge in [-0.05, 0) is 36.4 Å². The van der Waals surface area contributed by atoms with E-state index in [-0.39, 0.29) is 22.0 Å². The van der Waals surface area contributed by atoms with Crippen molar-refractivity contribution in [2.24, 2.45) is 0 Å². The summed E-state index contributed by atoms with van der Waals surface area (Å²) in [4.78, 5) is 23.2. The van der Waals surface area contributed by atoms with E-state index in [0.717, 1.165) is 0 Å². The van der Waals surface area contributed by atoms with Crippen LogP contribution in [0.25, 0.3) is 21.9 Å². The zero-order chi connectivity index (χ0) is 14.3. The largest absolute Gasteiger partial charge is 0.478 e. The maximum Gasteiger partial charge on any atom is 0.335 e. The van der Waals surface area contributed by atoms with Gasteiger partial charge in [0.05, 0.1) is 28.0 Å². The molecule has 3 rings (SSSR count). The van der Waals surface area contributed by atoms with Gasteiger partial charge in [-0.3, -0.25) is 4.79 Å². The predicted octanol–water partition coefficient (Wildman–Crippen LogP) is 2.52. The summed E-state index contributed by atoms with van der Waals surface area (Å²) in [5.74, 6) is -1.09. The van der Waals surface area contributed by atoms with Crippen molar-refractivity contribution in [3.63, 3.8) is 0 Å². The predicted molar refractivity (Wildman–Crippen MR) is 71.7 cm³/mol. The van der Waals surface area contributed by atoms with Crippen molar-refractivity contribution in [2.45, 2.75) is 0 Å². The highest BCUT2D eigenvalue weighted by Gasteiger charge is 2.11. The van der Waals surface area contributed by atoms with Crippen LogP contribution in [0.4, 0.5) is 0 Å². The van der Waals surface area contributed by atoms with Gasteiger partial charge in [0.25, 0.3) is 0 Å². The summed E-state index contributed by atoms with van der Waals surface area (Å²) in [5.41, 5.74) is 0.673. The Morgan fingerprint density at radius 2 is 1.90 bits per heavy atom. The van der Waals surface area contributed by atoms with Gasteiger partial charge in [-0.15, -0.1) is 0 Å². The van der Waals surface area contributed by atoms with Crippen molar-refractivity contribution in [1.29, 1.82) is 5.26 Å². The second kappa shape index (κ2) is 4.21. The van der Waals surface area contributed by atoms with E-state index in [9.17, 15) is 9.59 Å². The van der Waals surface area contributed by atoms with Gasteiger partial charge in [0, 0.05) is 0 Å². The Kier molecular flexibility index (Phi) is 2.51. The average Bonchev–Trinajstić information content (AvgIpc) is 2.46. The first-order valence-corrected chi connectivity index (χ1v) is 5.74. The van der Waals surface area contributed by atoms with Crippen LogP contribution in [-0.2, 0) is 0 Å². The number of carbonyl (C=O) groups is 1. The first-order valence-electron chi connectivity index (χ1n) is 5.74. The molecule has 0 atom stereocenters. The van der Waals surface area contributed by atoms with Crippen LogP contribution in [0.3, 0.4) is 0 Å². The number of hydrogen-bond donors (Lipinski definition) is 1. The summed E-state index contributed by atoms with van der Waals surface area (Å²) in [6, 6.07) is 10.6. The van der Waals surface area contributed by atoms with Crippen molar-refractivity contribution >= 4 is 27.9 Å². The molecule has 0 spiro atoms. The van der Waals surface area contributed by atoms with Crippen LogP contribution in [0.1, 0.15) is 15.9 Å². The van der Waals surface area contributed by atoms with Gasteiger partial charge in [-0.1, -0.05) is 0 Å². The van der Waals surface area contributed by atoms with Crippen LogP contribution in [0, 0.1) is 11.3 Å². The van der Waals surface area contributed by atoms with E-state index in [1.165, 1.54) is 36.4 Å². The van der Waals surface area contributed by atoms with Crippen LogP contribution < -0.4 is 5.43 Å². The van der Waals surface area contributed by atoms with Crippen LogP contribution in [0.5, 0.6) is 0 Å². The number of fused-ring (bicyclic) bond motifs is 2. The third-order valence-electron chi connectivity index (χ3n) is 3.05. The lowest BCUT2D eigenvalue weighted by Crippen LogP contribution is -2.04. The maximum absolute atomic E-state index is 12.3. The highest BCUT2D eigenvalue weighted by molar-refractivity contribution is 5.95. The quantitative estimate of drug-likeness (QED) is 0.682. The second-order valence-corrected chi connectivity index (χ2v) is 4.27. The molecule has 0 amide bonds. The molecule has 0 radical (unpaired) electrons. The molecule has 0 saturated carbocycles. The number of aromatic carboxylic acids is 1. The second-order valence-electron chi connectivity index (χ2n) is 4.27. The standard InChI is InChI=1S/C15H7NO4/c16-7-8-1-4-12-11(5-8)14(17)10-3-2-9(15(18)19)6-13(10)20-12/h1-6H,(H,18,19). The SMILES string of the molecule is N#Cc1ccc2oc3cc(C(=O)O)ccc3c(=O)c2c1. The molecular weight excluding hydrogens is 258 g/mol. The molecule has 0 aliphatic heterocycles. The summed E-state index contributed by atoms with van der Waals surface area (Å²) in [6.07, 6.45) is 0.